The van der Waals surface area contributed by atoms with Crippen LogP contribution in [-0.2, 0) is 11.8 Å². The molecule has 0 aromatic carbocycles. The summed E-state index contributed by atoms with van der Waals surface area (Å²) in [6, 6.07) is 4.26. The van der Waals surface area contributed by atoms with Gasteiger partial charge in [0.05, 0.1) is 30.0 Å². The van der Waals surface area contributed by atoms with Crippen LogP contribution >= 0.6 is 0 Å². The molecule has 2 amide bonds. The Kier molecular flexibility index (Phi) is 4.79. The minimum absolute atomic E-state index is 0.101. The van der Waals surface area contributed by atoms with Crippen molar-refractivity contribution in [2.75, 3.05) is 6.54 Å². The number of aryl methyl sites for hydroxylation is 1. The summed E-state index contributed by atoms with van der Waals surface area (Å²) < 4.78 is 6.49. The van der Waals surface area contributed by atoms with Crippen molar-refractivity contribution in [2.24, 2.45) is 7.05 Å². The normalized spacial score (nSPS) is 11.7. The number of nitrogens with one attached hydrogen (secondary N) is 2. The maximum Gasteiger partial charge on any atom is 0.287 e. The van der Waals surface area contributed by atoms with Crippen LogP contribution in [0.5, 0.6) is 0 Å². The molecule has 9 heteroatoms. The molecular weight excluding hydrogens is 304 g/mol. The first-order chi connectivity index (χ1) is 10.9. The van der Waals surface area contributed by atoms with Gasteiger partial charge < -0.3 is 19.6 Å². The molecule has 2 heterocycles. The second-order valence-corrected chi connectivity index (χ2v) is 4.94. The largest absolute Gasteiger partial charge is 0.467 e. The maximum absolute atomic E-state index is 12.0. The molecule has 2 N–H and O–H groups in total. The van der Waals surface area contributed by atoms with Gasteiger partial charge in [-0.3, -0.25) is 19.7 Å². The van der Waals surface area contributed by atoms with Gasteiger partial charge in [-0.25, -0.2) is 0 Å². The minimum atomic E-state index is -0.589. The van der Waals surface area contributed by atoms with Crippen LogP contribution in [0.15, 0.2) is 35.1 Å². The Morgan fingerprint density at radius 1 is 1.48 bits per heavy atom. The summed E-state index contributed by atoms with van der Waals surface area (Å²) in [5.74, 6) is -0.366. The van der Waals surface area contributed by atoms with E-state index in [-0.39, 0.29) is 24.0 Å². The lowest BCUT2D eigenvalue weighted by Gasteiger charge is -2.12. The van der Waals surface area contributed by atoms with E-state index in [2.05, 4.69) is 10.6 Å². The van der Waals surface area contributed by atoms with Gasteiger partial charge in [-0.2, -0.15) is 0 Å². The van der Waals surface area contributed by atoms with Gasteiger partial charge in [-0.15, -0.1) is 0 Å². The van der Waals surface area contributed by atoms with Gasteiger partial charge in [-0.05, 0) is 19.1 Å². The molecular formula is C14H16N4O5. The zero-order valence-corrected chi connectivity index (χ0v) is 12.6. The van der Waals surface area contributed by atoms with Gasteiger partial charge in [-0.1, -0.05) is 0 Å². The molecule has 0 spiro atoms. The number of rotatable bonds is 6. The van der Waals surface area contributed by atoms with Crippen molar-refractivity contribution in [1.82, 2.24) is 15.2 Å². The van der Waals surface area contributed by atoms with Crippen LogP contribution in [0.1, 0.15) is 29.2 Å². The van der Waals surface area contributed by atoms with Crippen molar-refractivity contribution < 1.29 is 18.9 Å². The second kappa shape index (κ2) is 6.77. The molecule has 2 aromatic heterocycles. The number of furan rings is 1. The Balaban J connectivity index is 1.89. The molecule has 9 nitrogen and oxygen atoms in total. The summed E-state index contributed by atoms with van der Waals surface area (Å²) in [6.07, 6.45) is 2.73. The number of carbonyl (C=O) groups excluding carboxylic acids is 2. The van der Waals surface area contributed by atoms with E-state index in [1.165, 1.54) is 24.1 Å². The standard InChI is InChI=1S/C14H16N4O5/c1-9(12-4-3-5-23-12)16-13(19)7-15-14(20)11-6-10(18(21)22)8-17(11)2/h3-6,8-9H,7H2,1-2H3,(H,15,20)(H,16,19)/t9-/m0/s1. The Morgan fingerprint density at radius 2 is 2.22 bits per heavy atom. The van der Waals surface area contributed by atoms with Gasteiger partial charge in [0.2, 0.25) is 5.91 Å². The van der Waals surface area contributed by atoms with Gasteiger partial charge in [0.1, 0.15) is 11.5 Å². The lowest BCUT2D eigenvalue weighted by molar-refractivity contribution is -0.384. The number of aromatic nitrogens is 1. The number of amides is 2. The third-order valence-corrected chi connectivity index (χ3v) is 3.19. The lowest BCUT2D eigenvalue weighted by atomic mass is 10.2. The van der Waals surface area contributed by atoms with Gasteiger partial charge in [0, 0.05) is 13.1 Å². The third kappa shape index (κ3) is 3.96. The minimum Gasteiger partial charge on any atom is -0.467 e. The molecule has 122 valence electrons. The number of hydrogen-bond donors (Lipinski definition) is 2. The van der Waals surface area contributed by atoms with Crippen LogP contribution in [0.25, 0.3) is 0 Å². The maximum atomic E-state index is 12.0. The second-order valence-electron chi connectivity index (χ2n) is 4.94. The Bertz CT molecular complexity index is 720. The number of nitrogens with zero attached hydrogens (tertiary/aromatic N) is 2. The molecule has 2 rings (SSSR count). The molecule has 0 saturated carbocycles. The fourth-order valence-electron chi connectivity index (χ4n) is 2.03. The predicted molar refractivity (Wildman–Crippen MR) is 79.7 cm³/mol. The van der Waals surface area contributed by atoms with Crippen LogP contribution in [0.3, 0.4) is 0 Å². The zero-order valence-electron chi connectivity index (χ0n) is 12.6. The summed E-state index contributed by atoms with van der Waals surface area (Å²) in [5, 5.41) is 15.8. The highest BCUT2D eigenvalue weighted by atomic mass is 16.6. The molecule has 1 atom stereocenters. The van der Waals surface area contributed by atoms with Crippen LogP contribution in [-0.4, -0.2) is 27.8 Å². The van der Waals surface area contributed by atoms with Crippen LogP contribution in [0, 0.1) is 10.1 Å². The smallest absolute Gasteiger partial charge is 0.287 e. The van der Waals surface area contributed by atoms with Crippen molar-refractivity contribution in [1.29, 1.82) is 0 Å². The van der Waals surface area contributed by atoms with E-state index in [1.807, 2.05) is 0 Å². The first-order valence-electron chi connectivity index (χ1n) is 6.80. The molecule has 0 bridgehead atoms. The Labute approximate surface area is 131 Å². The molecule has 0 radical (unpaired) electrons. The van der Waals surface area contributed by atoms with E-state index in [0.717, 1.165) is 6.07 Å². The summed E-state index contributed by atoms with van der Waals surface area (Å²) in [6.45, 7) is 1.50. The van der Waals surface area contributed by atoms with Gasteiger partial charge in [0.25, 0.3) is 11.6 Å². The van der Waals surface area contributed by atoms with Gasteiger partial charge >= 0.3 is 0 Å². The third-order valence-electron chi connectivity index (χ3n) is 3.19. The fourth-order valence-corrected chi connectivity index (χ4v) is 2.03. The number of nitro groups is 1. The summed E-state index contributed by atoms with van der Waals surface area (Å²) in [4.78, 5) is 33.9. The van der Waals surface area contributed by atoms with Gasteiger partial charge in [0.15, 0.2) is 0 Å². The summed E-state index contributed by atoms with van der Waals surface area (Å²) in [5.41, 5.74) is -0.0860. The average molecular weight is 320 g/mol. The summed E-state index contributed by atoms with van der Waals surface area (Å²) >= 11 is 0. The van der Waals surface area contributed by atoms with Crippen LogP contribution in [0.2, 0.25) is 0 Å². The first-order valence-corrected chi connectivity index (χ1v) is 6.80. The molecule has 23 heavy (non-hydrogen) atoms. The zero-order chi connectivity index (χ0) is 17.0. The SMILES string of the molecule is C[C@H](NC(=O)CNC(=O)c1cc([N+](=O)[O-])cn1C)c1ccco1. The van der Waals surface area contributed by atoms with E-state index in [9.17, 15) is 19.7 Å². The van der Waals surface area contributed by atoms with E-state index in [4.69, 9.17) is 4.42 Å². The van der Waals surface area contributed by atoms with Crippen LogP contribution in [0.4, 0.5) is 5.69 Å². The molecule has 0 aliphatic carbocycles. The molecule has 0 fully saturated rings. The molecule has 2 aromatic rings. The highest BCUT2D eigenvalue weighted by Gasteiger charge is 2.18. The average Bonchev–Trinajstić information content (AvgIpc) is 3.14. The van der Waals surface area contributed by atoms with E-state index in [1.54, 1.807) is 19.1 Å². The lowest BCUT2D eigenvalue weighted by Crippen LogP contribution is -2.38. The molecule has 0 aliphatic heterocycles. The molecule has 0 saturated heterocycles. The Morgan fingerprint density at radius 3 is 2.78 bits per heavy atom. The molecule has 0 aliphatic rings. The number of hydrogen-bond acceptors (Lipinski definition) is 5. The number of carbonyl (C=O) groups is 2. The molecule has 0 unspecified atom stereocenters. The first kappa shape index (κ1) is 16.3. The van der Waals surface area contributed by atoms with Crippen molar-refractivity contribution >= 4 is 17.5 Å². The predicted octanol–water partition coefficient (Wildman–Crippen LogP) is 1.13. The van der Waals surface area contributed by atoms with E-state index >= 15 is 0 Å². The highest BCUT2D eigenvalue weighted by molar-refractivity contribution is 5.95. The van der Waals surface area contributed by atoms with Crippen LogP contribution < -0.4 is 10.6 Å². The summed E-state index contributed by atoms with van der Waals surface area (Å²) in [7, 11) is 1.51. The monoisotopic (exact) mass is 320 g/mol. The Hall–Kier alpha value is -3.10. The van der Waals surface area contributed by atoms with Crippen molar-refractivity contribution in [3.05, 3.63) is 52.2 Å². The van der Waals surface area contributed by atoms with E-state index < -0.39 is 16.7 Å². The van der Waals surface area contributed by atoms with Crippen molar-refractivity contribution in [3.63, 3.8) is 0 Å². The fraction of sp³-hybridized carbons (Fsp3) is 0.286. The van der Waals surface area contributed by atoms with Crippen molar-refractivity contribution in [2.45, 2.75) is 13.0 Å². The van der Waals surface area contributed by atoms with E-state index in [0.29, 0.717) is 5.76 Å². The topological polar surface area (TPSA) is 119 Å². The quantitative estimate of drug-likeness (QED) is 0.611. The van der Waals surface area contributed by atoms with Crippen molar-refractivity contribution in [3.8, 4) is 0 Å². The highest BCUT2D eigenvalue weighted by Crippen LogP contribution is 2.15.